The molecule has 0 bridgehead atoms. The van der Waals surface area contributed by atoms with E-state index in [0.29, 0.717) is 0 Å². The quantitative estimate of drug-likeness (QED) is 0.499. The molecule has 0 aliphatic rings. The fourth-order valence-corrected chi connectivity index (χ4v) is 3.54. The molecule has 0 aromatic heterocycles. The number of benzene rings is 3. The summed E-state index contributed by atoms with van der Waals surface area (Å²) in [7, 11) is 0. The van der Waals surface area contributed by atoms with Crippen LogP contribution in [0.4, 0.5) is 0 Å². The van der Waals surface area contributed by atoms with Crippen LogP contribution in [0, 0.1) is 27.7 Å². The van der Waals surface area contributed by atoms with Gasteiger partial charge in [-0.05, 0) is 51.3 Å². The first-order valence-electron chi connectivity index (χ1n) is 8.62. The van der Waals surface area contributed by atoms with E-state index >= 15 is 0 Å². The number of hydrogen-bond acceptors (Lipinski definition) is 0. The predicted molar refractivity (Wildman–Crippen MR) is 104 cm³/mol. The van der Waals surface area contributed by atoms with E-state index in [1.807, 2.05) is 0 Å². The Kier molecular flexibility index (Phi) is 4.32. The van der Waals surface area contributed by atoms with E-state index in [4.69, 9.17) is 0 Å². The maximum absolute atomic E-state index is 2.34. The van der Waals surface area contributed by atoms with E-state index in [0.717, 1.165) is 0 Å². The standard InChI is InChI=1S/C24H26/c1-17-6-10-21(11-7-17)24(5,22-12-8-18(2)9-13-22)23-15-19(3)14-20(4)16-23/h6-16H,1-5H3. The van der Waals surface area contributed by atoms with Crippen LogP contribution in [0.3, 0.4) is 0 Å². The summed E-state index contributed by atoms with van der Waals surface area (Å²) in [5.41, 5.74) is 9.09. The van der Waals surface area contributed by atoms with Crippen molar-refractivity contribution in [3.05, 3.63) is 106 Å². The maximum atomic E-state index is 2.34. The molecule has 0 saturated carbocycles. The van der Waals surface area contributed by atoms with Crippen LogP contribution in [0.5, 0.6) is 0 Å². The maximum Gasteiger partial charge on any atom is 0.0423 e. The molecule has 0 aliphatic carbocycles. The molecule has 0 radical (unpaired) electrons. The Morgan fingerprint density at radius 3 is 1.21 bits per heavy atom. The molecule has 0 spiro atoms. The van der Waals surface area contributed by atoms with Crippen molar-refractivity contribution >= 4 is 0 Å². The van der Waals surface area contributed by atoms with Gasteiger partial charge in [-0.3, -0.25) is 0 Å². The van der Waals surface area contributed by atoms with E-state index in [2.05, 4.69) is 101 Å². The third-order valence-corrected chi connectivity index (χ3v) is 5.06. The van der Waals surface area contributed by atoms with Gasteiger partial charge in [-0.15, -0.1) is 0 Å². The molecule has 0 N–H and O–H groups in total. The molecule has 0 fully saturated rings. The zero-order valence-electron chi connectivity index (χ0n) is 15.4. The molecule has 0 saturated heterocycles. The molecule has 3 aromatic carbocycles. The Morgan fingerprint density at radius 1 is 0.458 bits per heavy atom. The molecule has 24 heavy (non-hydrogen) atoms. The summed E-state index contributed by atoms with van der Waals surface area (Å²) in [6, 6.07) is 24.8. The molecule has 3 aromatic rings. The fourth-order valence-electron chi connectivity index (χ4n) is 3.54. The summed E-state index contributed by atoms with van der Waals surface area (Å²) < 4.78 is 0. The minimum Gasteiger partial charge on any atom is -0.0590 e. The van der Waals surface area contributed by atoms with Crippen LogP contribution in [0.15, 0.2) is 66.7 Å². The van der Waals surface area contributed by atoms with Crippen molar-refractivity contribution in [2.75, 3.05) is 0 Å². The first kappa shape index (κ1) is 16.5. The van der Waals surface area contributed by atoms with Gasteiger partial charge in [-0.25, -0.2) is 0 Å². The van der Waals surface area contributed by atoms with Gasteiger partial charge < -0.3 is 0 Å². The average molecular weight is 314 g/mol. The van der Waals surface area contributed by atoms with Crippen LogP contribution in [-0.2, 0) is 5.41 Å². The lowest BCUT2D eigenvalue weighted by atomic mass is 9.70. The topological polar surface area (TPSA) is 0 Å². The first-order valence-corrected chi connectivity index (χ1v) is 8.62. The third kappa shape index (κ3) is 3.01. The number of rotatable bonds is 3. The number of hydrogen-bond donors (Lipinski definition) is 0. The molecule has 0 nitrogen and oxygen atoms in total. The lowest BCUT2D eigenvalue weighted by Gasteiger charge is -2.33. The van der Waals surface area contributed by atoms with Gasteiger partial charge in [0, 0.05) is 5.41 Å². The van der Waals surface area contributed by atoms with Crippen molar-refractivity contribution in [2.24, 2.45) is 0 Å². The molecule has 0 atom stereocenters. The molecule has 3 rings (SSSR count). The first-order chi connectivity index (χ1) is 11.4. The van der Waals surface area contributed by atoms with E-state index in [1.54, 1.807) is 0 Å². The van der Waals surface area contributed by atoms with Gasteiger partial charge in [0.2, 0.25) is 0 Å². The molecule has 0 aliphatic heterocycles. The van der Waals surface area contributed by atoms with Gasteiger partial charge in [0.05, 0.1) is 0 Å². The van der Waals surface area contributed by atoms with Crippen molar-refractivity contribution in [1.29, 1.82) is 0 Å². The highest BCUT2D eigenvalue weighted by Gasteiger charge is 2.31. The normalized spacial score (nSPS) is 11.5. The van der Waals surface area contributed by atoms with Crippen LogP contribution in [-0.4, -0.2) is 0 Å². The lowest BCUT2D eigenvalue weighted by molar-refractivity contribution is 0.690. The second-order valence-electron chi connectivity index (χ2n) is 7.23. The van der Waals surface area contributed by atoms with Crippen molar-refractivity contribution in [2.45, 2.75) is 40.0 Å². The Morgan fingerprint density at radius 2 is 0.833 bits per heavy atom. The van der Waals surface area contributed by atoms with Crippen molar-refractivity contribution in [3.8, 4) is 0 Å². The van der Waals surface area contributed by atoms with E-state index in [1.165, 1.54) is 38.9 Å². The molecule has 0 heterocycles. The highest BCUT2D eigenvalue weighted by Crippen LogP contribution is 2.39. The SMILES string of the molecule is Cc1ccc(C(C)(c2ccc(C)cc2)c2cc(C)cc(C)c2)cc1. The van der Waals surface area contributed by atoms with E-state index in [-0.39, 0.29) is 5.41 Å². The zero-order chi connectivity index (χ0) is 17.3. The summed E-state index contributed by atoms with van der Waals surface area (Å²) in [6.45, 7) is 11.0. The van der Waals surface area contributed by atoms with Gasteiger partial charge >= 0.3 is 0 Å². The van der Waals surface area contributed by atoms with Gasteiger partial charge in [-0.2, -0.15) is 0 Å². The van der Waals surface area contributed by atoms with Gasteiger partial charge in [0.15, 0.2) is 0 Å². The summed E-state index contributed by atoms with van der Waals surface area (Å²) >= 11 is 0. The molecule has 0 heteroatoms. The van der Waals surface area contributed by atoms with Crippen molar-refractivity contribution in [1.82, 2.24) is 0 Å². The Balaban J connectivity index is 2.27. The van der Waals surface area contributed by atoms with Gasteiger partial charge in [-0.1, -0.05) is 89.0 Å². The average Bonchev–Trinajstić information content (AvgIpc) is 2.54. The zero-order valence-corrected chi connectivity index (χ0v) is 15.4. The number of aryl methyl sites for hydroxylation is 4. The predicted octanol–water partition coefficient (Wildman–Crippen LogP) is 6.27. The Bertz CT molecular complexity index is 770. The summed E-state index contributed by atoms with van der Waals surface area (Å²) in [5.74, 6) is 0. The van der Waals surface area contributed by atoms with Crippen molar-refractivity contribution < 1.29 is 0 Å². The van der Waals surface area contributed by atoms with Crippen molar-refractivity contribution in [3.63, 3.8) is 0 Å². The lowest BCUT2D eigenvalue weighted by Crippen LogP contribution is -2.25. The Hall–Kier alpha value is -2.34. The van der Waals surface area contributed by atoms with Crippen LogP contribution < -0.4 is 0 Å². The molecular weight excluding hydrogens is 288 g/mol. The van der Waals surface area contributed by atoms with Crippen LogP contribution in [0.25, 0.3) is 0 Å². The summed E-state index contributed by atoms with van der Waals surface area (Å²) in [4.78, 5) is 0. The van der Waals surface area contributed by atoms with Crippen LogP contribution in [0.1, 0.15) is 45.9 Å². The molecular formula is C24H26. The van der Waals surface area contributed by atoms with Crippen LogP contribution in [0.2, 0.25) is 0 Å². The second kappa shape index (κ2) is 6.28. The minimum atomic E-state index is -0.155. The summed E-state index contributed by atoms with van der Waals surface area (Å²) in [5, 5.41) is 0. The molecule has 0 amide bonds. The highest BCUT2D eigenvalue weighted by molar-refractivity contribution is 5.51. The smallest absolute Gasteiger partial charge is 0.0423 e. The Labute approximate surface area is 146 Å². The largest absolute Gasteiger partial charge is 0.0590 e. The highest BCUT2D eigenvalue weighted by atomic mass is 14.3. The fraction of sp³-hybridized carbons (Fsp3) is 0.250. The van der Waals surface area contributed by atoms with Crippen LogP contribution >= 0.6 is 0 Å². The minimum absolute atomic E-state index is 0.155. The van der Waals surface area contributed by atoms with E-state index < -0.39 is 0 Å². The molecule has 122 valence electrons. The second-order valence-corrected chi connectivity index (χ2v) is 7.23. The monoisotopic (exact) mass is 314 g/mol. The van der Waals surface area contributed by atoms with E-state index in [9.17, 15) is 0 Å². The van der Waals surface area contributed by atoms with Gasteiger partial charge in [0.25, 0.3) is 0 Å². The van der Waals surface area contributed by atoms with Gasteiger partial charge in [0.1, 0.15) is 0 Å². The summed E-state index contributed by atoms with van der Waals surface area (Å²) in [6.07, 6.45) is 0. The third-order valence-electron chi connectivity index (χ3n) is 5.06. The molecule has 0 unspecified atom stereocenters.